The van der Waals surface area contributed by atoms with E-state index in [1.54, 1.807) is 24.2 Å². The SMILES string of the molecule is CCCC(C)NCC(C)Sc1ncccn1. The summed E-state index contributed by atoms with van der Waals surface area (Å²) in [7, 11) is 0. The average molecular weight is 239 g/mol. The average Bonchev–Trinajstić information content (AvgIpc) is 2.28. The lowest BCUT2D eigenvalue weighted by molar-refractivity contribution is 0.511. The molecule has 1 heterocycles. The summed E-state index contributed by atoms with van der Waals surface area (Å²) in [5.41, 5.74) is 0. The van der Waals surface area contributed by atoms with E-state index in [1.165, 1.54) is 12.8 Å². The Bertz CT molecular complexity index is 279. The summed E-state index contributed by atoms with van der Waals surface area (Å²) >= 11 is 1.72. The number of nitrogens with zero attached hydrogens (tertiary/aromatic N) is 2. The van der Waals surface area contributed by atoms with Crippen molar-refractivity contribution >= 4 is 11.8 Å². The fourth-order valence-corrected chi connectivity index (χ4v) is 2.25. The molecular formula is C12H21N3S. The highest BCUT2D eigenvalue weighted by atomic mass is 32.2. The van der Waals surface area contributed by atoms with Crippen molar-refractivity contribution in [1.82, 2.24) is 15.3 Å². The van der Waals surface area contributed by atoms with E-state index >= 15 is 0 Å². The Balaban J connectivity index is 2.23. The molecule has 1 aromatic heterocycles. The van der Waals surface area contributed by atoms with Crippen molar-refractivity contribution in [1.29, 1.82) is 0 Å². The van der Waals surface area contributed by atoms with Gasteiger partial charge in [-0.2, -0.15) is 0 Å². The summed E-state index contributed by atoms with van der Waals surface area (Å²) in [6.07, 6.45) is 6.04. The van der Waals surface area contributed by atoms with Gasteiger partial charge >= 0.3 is 0 Å². The summed E-state index contributed by atoms with van der Waals surface area (Å²) in [6, 6.07) is 2.45. The van der Waals surface area contributed by atoms with E-state index in [0.717, 1.165) is 11.7 Å². The van der Waals surface area contributed by atoms with Gasteiger partial charge in [0.05, 0.1) is 0 Å². The minimum Gasteiger partial charge on any atom is -0.313 e. The molecule has 0 bridgehead atoms. The van der Waals surface area contributed by atoms with Gasteiger partial charge in [-0.15, -0.1) is 0 Å². The van der Waals surface area contributed by atoms with Crippen LogP contribution in [0.3, 0.4) is 0 Å². The van der Waals surface area contributed by atoms with E-state index in [-0.39, 0.29) is 0 Å². The number of aromatic nitrogens is 2. The van der Waals surface area contributed by atoms with E-state index < -0.39 is 0 Å². The molecule has 0 saturated heterocycles. The van der Waals surface area contributed by atoms with Crippen LogP contribution in [0.2, 0.25) is 0 Å². The quantitative estimate of drug-likeness (QED) is 0.586. The van der Waals surface area contributed by atoms with E-state index in [2.05, 4.69) is 36.1 Å². The zero-order valence-electron chi connectivity index (χ0n) is 10.3. The van der Waals surface area contributed by atoms with E-state index in [0.29, 0.717) is 11.3 Å². The van der Waals surface area contributed by atoms with Crippen molar-refractivity contribution in [3.05, 3.63) is 18.5 Å². The predicted octanol–water partition coefficient (Wildman–Crippen LogP) is 2.74. The Kier molecular flexibility index (Phi) is 6.42. The van der Waals surface area contributed by atoms with Crippen LogP contribution in [-0.2, 0) is 0 Å². The Morgan fingerprint density at radius 2 is 2.00 bits per heavy atom. The van der Waals surface area contributed by atoms with Gasteiger partial charge in [-0.05, 0) is 19.4 Å². The highest BCUT2D eigenvalue weighted by Gasteiger charge is 2.07. The van der Waals surface area contributed by atoms with Gasteiger partial charge in [0.15, 0.2) is 5.16 Å². The maximum atomic E-state index is 4.21. The van der Waals surface area contributed by atoms with Crippen molar-refractivity contribution in [2.45, 2.75) is 50.1 Å². The zero-order chi connectivity index (χ0) is 11.8. The van der Waals surface area contributed by atoms with Gasteiger partial charge in [-0.1, -0.05) is 32.0 Å². The van der Waals surface area contributed by atoms with Crippen LogP contribution in [0.5, 0.6) is 0 Å². The first-order valence-corrected chi connectivity index (χ1v) is 6.77. The van der Waals surface area contributed by atoms with Crippen molar-refractivity contribution < 1.29 is 0 Å². The minimum absolute atomic E-state index is 0.502. The molecule has 0 aromatic carbocycles. The minimum atomic E-state index is 0.502. The molecule has 1 N–H and O–H groups in total. The van der Waals surface area contributed by atoms with Crippen LogP contribution in [0.4, 0.5) is 0 Å². The fourth-order valence-electron chi connectivity index (χ4n) is 1.47. The van der Waals surface area contributed by atoms with Crippen LogP contribution in [-0.4, -0.2) is 27.8 Å². The lowest BCUT2D eigenvalue weighted by atomic mass is 10.2. The molecule has 0 spiro atoms. The molecule has 2 unspecified atom stereocenters. The molecular weight excluding hydrogens is 218 g/mol. The maximum Gasteiger partial charge on any atom is 0.187 e. The maximum absolute atomic E-state index is 4.21. The van der Waals surface area contributed by atoms with Crippen molar-refractivity contribution in [2.24, 2.45) is 0 Å². The van der Waals surface area contributed by atoms with Gasteiger partial charge in [-0.25, -0.2) is 9.97 Å². The normalized spacial score (nSPS) is 14.7. The lowest BCUT2D eigenvalue weighted by Gasteiger charge is -2.16. The number of hydrogen-bond donors (Lipinski definition) is 1. The first-order valence-electron chi connectivity index (χ1n) is 5.89. The Labute approximate surface area is 102 Å². The van der Waals surface area contributed by atoms with Crippen LogP contribution in [0.25, 0.3) is 0 Å². The zero-order valence-corrected chi connectivity index (χ0v) is 11.1. The standard InChI is InChI=1S/C12H21N3S/c1-4-6-10(2)15-9-11(3)16-12-13-7-5-8-14-12/h5,7-8,10-11,15H,4,6,9H2,1-3H3. The fraction of sp³-hybridized carbons (Fsp3) is 0.667. The van der Waals surface area contributed by atoms with Gasteiger partial charge in [0, 0.05) is 30.2 Å². The third kappa shape index (κ3) is 5.47. The van der Waals surface area contributed by atoms with Crippen molar-refractivity contribution in [2.75, 3.05) is 6.54 Å². The second kappa shape index (κ2) is 7.63. The monoisotopic (exact) mass is 239 g/mol. The number of thioether (sulfide) groups is 1. The summed E-state index contributed by atoms with van der Waals surface area (Å²) < 4.78 is 0. The van der Waals surface area contributed by atoms with Crippen LogP contribution >= 0.6 is 11.8 Å². The summed E-state index contributed by atoms with van der Waals surface area (Å²) in [5.74, 6) is 0. The first-order chi connectivity index (χ1) is 7.72. The predicted molar refractivity (Wildman–Crippen MR) is 69.7 cm³/mol. The smallest absolute Gasteiger partial charge is 0.187 e. The van der Waals surface area contributed by atoms with Crippen LogP contribution in [0, 0.1) is 0 Å². The largest absolute Gasteiger partial charge is 0.313 e. The lowest BCUT2D eigenvalue weighted by Crippen LogP contribution is -2.31. The van der Waals surface area contributed by atoms with Crippen LogP contribution in [0.15, 0.2) is 23.6 Å². The van der Waals surface area contributed by atoms with E-state index in [4.69, 9.17) is 0 Å². The molecule has 0 aliphatic heterocycles. The molecule has 0 radical (unpaired) electrons. The van der Waals surface area contributed by atoms with Crippen LogP contribution in [0.1, 0.15) is 33.6 Å². The number of rotatable bonds is 7. The Morgan fingerprint density at radius 3 is 2.62 bits per heavy atom. The molecule has 1 aromatic rings. The third-order valence-corrected chi connectivity index (χ3v) is 3.31. The topological polar surface area (TPSA) is 37.8 Å². The van der Waals surface area contributed by atoms with Crippen molar-refractivity contribution in [3.63, 3.8) is 0 Å². The van der Waals surface area contributed by atoms with E-state index in [9.17, 15) is 0 Å². The molecule has 0 fully saturated rings. The number of nitrogens with one attached hydrogen (secondary N) is 1. The molecule has 0 aliphatic carbocycles. The van der Waals surface area contributed by atoms with Gasteiger partial charge in [-0.3, -0.25) is 0 Å². The molecule has 4 heteroatoms. The Morgan fingerprint density at radius 1 is 1.31 bits per heavy atom. The molecule has 0 saturated carbocycles. The molecule has 0 aliphatic rings. The Hall–Kier alpha value is -0.610. The molecule has 1 rings (SSSR count). The molecule has 16 heavy (non-hydrogen) atoms. The first kappa shape index (κ1) is 13.5. The molecule has 2 atom stereocenters. The molecule has 3 nitrogen and oxygen atoms in total. The van der Waals surface area contributed by atoms with Gasteiger partial charge < -0.3 is 5.32 Å². The highest BCUT2D eigenvalue weighted by Crippen LogP contribution is 2.17. The summed E-state index contributed by atoms with van der Waals surface area (Å²) in [4.78, 5) is 8.41. The van der Waals surface area contributed by atoms with Crippen LogP contribution < -0.4 is 5.32 Å². The van der Waals surface area contributed by atoms with Crippen molar-refractivity contribution in [3.8, 4) is 0 Å². The second-order valence-corrected chi connectivity index (χ2v) is 5.46. The third-order valence-electron chi connectivity index (χ3n) is 2.32. The second-order valence-electron chi connectivity index (χ2n) is 4.06. The molecule has 0 amide bonds. The van der Waals surface area contributed by atoms with E-state index in [1.807, 2.05) is 6.07 Å². The number of hydrogen-bond acceptors (Lipinski definition) is 4. The summed E-state index contributed by atoms with van der Waals surface area (Å²) in [6.45, 7) is 7.66. The highest BCUT2D eigenvalue weighted by molar-refractivity contribution is 7.99. The van der Waals surface area contributed by atoms with Gasteiger partial charge in [0.25, 0.3) is 0 Å². The summed E-state index contributed by atoms with van der Waals surface area (Å²) in [5, 5.41) is 4.89. The van der Waals surface area contributed by atoms with Gasteiger partial charge in [0.2, 0.25) is 0 Å². The van der Waals surface area contributed by atoms with Gasteiger partial charge in [0.1, 0.15) is 0 Å². The molecule has 90 valence electrons.